The Bertz CT molecular complexity index is 744. The van der Waals surface area contributed by atoms with Crippen LogP contribution in [-0.2, 0) is 19.6 Å². The Kier molecular flexibility index (Phi) is 5.45. The minimum atomic E-state index is -3.77. The van der Waals surface area contributed by atoms with E-state index < -0.39 is 16.0 Å². The molecule has 1 aliphatic heterocycles. The first-order chi connectivity index (χ1) is 11.9. The van der Waals surface area contributed by atoms with Crippen LogP contribution in [0.1, 0.15) is 35.4 Å². The lowest BCUT2D eigenvalue weighted by Crippen LogP contribution is -2.51. The van der Waals surface area contributed by atoms with Crippen molar-refractivity contribution in [2.24, 2.45) is 5.92 Å². The molecule has 25 heavy (non-hydrogen) atoms. The Labute approximate surface area is 151 Å². The number of carbonyl (C=O) groups is 2. The van der Waals surface area contributed by atoms with E-state index in [9.17, 15) is 18.0 Å². The van der Waals surface area contributed by atoms with Crippen LogP contribution < -0.4 is 0 Å². The average Bonchev–Trinajstić information content (AvgIpc) is 3.32. The molecule has 0 atom stereocenters. The quantitative estimate of drug-likeness (QED) is 0.733. The highest BCUT2D eigenvalue weighted by molar-refractivity contribution is 7.89. The third-order valence-electron chi connectivity index (χ3n) is 4.87. The molecule has 2 aliphatic rings. The maximum atomic E-state index is 12.8. The van der Waals surface area contributed by atoms with Gasteiger partial charge in [-0.15, -0.1) is 11.3 Å². The predicted molar refractivity (Wildman–Crippen MR) is 93.0 cm³/mol. The fourth-order valence-electron chi connectivity index (χ4n) is 3.46. The molecule has 9 heteroatoms. The van der Waals surface area contributed by atoms with Crippen LogP contribution in [0.3, 0.4) is 0 Å². The fraction of sp³-hybridized carbons (Fsp3) is 0.625. The summed E-state index contributed by atoms with van der Waals surface area (Å²) in [4.78, 5) is 26.1. The van der Waals surface area contributed by atoms with E-state index in [0.29, 0.717) is 13.1 Å². The summed E-state index contributed by atoms with van der Waals surface area (Å²) in [5.74, 6) is -0.394. The summed E-state index contributed by atoms with van der Waals surface area (Å²) in [5, 5.41) is 1.57. The lowest BCUT2D eigenvalue weighted by atomic mass is 10.1. The van der Waals surface area contributed by atoms with Crippen LogP contribution >= 0.6 is 11.3 Å². The molecule has 0 bridgehead atoms. The molecule has 1 amide bonds. The van der Waals surface area contributed by atoms with Gasteiger partial charge in [-0.2, -0.15) is 4.31 Å². The number of hydrogen-bond acceptors (Lipinski definition) is 6. The molecular formula is C16H22N2O5S2. The average molecular weight is 386 g/mol. The van der Waals surface area contributed by atoms with Crippen molar-refractivity contribution in [2.45, 2.75) is 30.6 Å². The number of nitrogens with zero attached hydrogens (tertiary/aromatic N) is 2. The molecule has 0 spiro atoms. The molecule has 1 aromatic heterocycles. The highest BCUT2D eigenvalue weighted by atomic mass is 32.2. The number of rotatable bonds is 4. The van der Waals surface area contributed by atoms with Gasteiger partial charge >= 0.3 is 5.97 Å². The van der Waals surface area contributed by atoms with Crippen molar-refractivity contribution in [1.82, 2.24) is 9.21 Å². The van der Waals surface area contributed by atoms with E-state index in [1.165, 1.54) is 17.5 Å². The van der Waals surface area contributed by atoms with Crippen molar-refractivity contribution < 1.29 is 22.7 Å². The summed E-state index contributed by atoms with van der Waals surface area (Å²) in [6, 6.07) is 1.43. The zero-order chi connectivity index (χ0) is 18.0. The lowest BCUT2D eigenvalue weighted by Gasteiger charge is -2.35. The number of sulfonamides is 1. The predicted octanol–water partition coefficient (Wildman–Crippen LogP) is 1.56. The smallest absolute Gasteiger partial charge is 0.349 e. The van der Waals surface area contributed by atoms with Crippen molar-refractivity contribution in [1.29, 1.82) is 0 Å². The van der Waals surface area contributed by atoms with Crippen LogP contribution in [0.2, 0.25) is 0 Å². The van der Waals surface area contributed by atoms with Crippen LogP contribution in [0, 0.1) is 5.92 Å². The maximum absolute atomic E-state index is 12.8. The highest BCUT2D eigenvalue weighted by Gasteiger charge is 2.35. The van der Waals surface area contributed by atoms with Gasteiger partial charge in [-0.05, 0) is 24.3 Å². The second kappa shape index (κ2) is 7.43. The fourth-order valence-corrected chi connectivity index (χ4v) is 6.19. The topological polar surface area (TPSA) is 84.0 Å². The van der Waals surface area contributed by atoms with E-state index in [1.54, 1.807) is 10.3 Å². The number of esters is 1. The summed E-state index contributed by atoms with van der Waals surface area (Å²) in [6.45, 7) is 1.28. The second-order valence-electron chi connectivity index (χ2n) is 6.32. The molecule has 138 valence electrons. The Morgan fingerprint density at radius 3 is 2.40 bits per heavy atom. The molecule has 0 aromatic carbocycles. The molecule has 0 unspecified atom stereocenters. The Balaban J connectivity index is 1.69. The molecule has 2 fully saturated rings. The summed E-state index contributed by atoms with van der Waals surface area (Å²) in [5.41, 5.74) is 0. The van der Waals surface area contributed by atoms with Crippen molar-refractivity contribution >= 4 is 33.2 Å². The number of ether oxygens (including phenoxy) is 1. The summed E-state index contributed by atoms with van der Waals surface area (Å²) in [7, 11) is -2.54. The zero-order valence-corrected chi connectivity index (χ0v) is 15.8. The van der Waals surface area contributed by atoms with Gasteiger partial charge in [0.05, 0.1) is 7.11 Å². The van der Waals surface area contributed by atoms with E-state index in [0.717, 1.165) is 37.0 Å². The zero-order valence-electron chi connectivity index (χ0n) is 14.1. The van der Waals surface area contributed by atoms with Crippen LogP contribution in [-0.4, -0.2) is 62.8 Å². The molecule has 1 aliphatic carbocycles. The lowest BCUT2D eigenvalue weighted by molar-refractivity contribution is -0.136. The van der Waals surface area contributed by atoms with Gasteiger partial charge in [0, 0.05) is 32.1 Å². The first-order valence-electron chi connectivity index (χ1n) is 8.40. The minimum Gasteiger partial charge on any atom is -0.465 e. The van der Waals surface area contributed by atoms with E-state index in [4.69, 9.17) is 0 Å². The molecule has 1 saturated carbocycles. The van der Waals surface area contributed by atoms with Gasteiger partial charge < -0.3 is 9.64 Å². The van der Waals surface area contributed by atoms with Gasteiger partial charge in [-0.1, -0.05) is 12.8 Å². The van der Waals surface area contributed by atoms with Crippen LogP contribution in [0.4, 0.5) is 0 Å². The Morgan fingerprint density at radius 2 is 1.80 bits per heavy atom. The summed E-state index contributed by atoms with van der Waals surface area (Å²) >= 11 is 1.05. The van der Waals surface area contributed by atoms with Gasteiger partial charge in [0.15, 0.2) is 0 Å². The first-order valence-corrected chi connectivity index (χ1v) is 10.7. The van der Waals surface area contributed by atoms with E-state index in [2.05, 4.69) is 4.74 Å². The largest absolute Gasteiger partial charge is 0.465 e. The monoisotopic (exact) mass is 386 g/mol. The number of hydrogen-bond donors (Lipinski definition) is 0. The normalized spacial score (nSPS) is 20.0. The summed E-state index contributed by atoms with van der Waals surface area (Å²) < 4.78 is 31.7. The molecule has 0 N–H and O–H groups in total. The Hall–Kier alpha value is -1.45. The van der Waals surface area contributed by atoms with Crippen LogP contribution in [0.15, 0.2) is 16.3 Å². The highest BCUT2D eigenvalue weighted by Crippen LogP contribution is 2.29. The molecule has 7 nitrogen and oxygen atoms in total. The van der Waals surface area contributed by atoms with Crippen LogP contribution in [0.5, 0.6) is 0 Å². The number of amides is 1. The number of thiophene rings is 1. The first kappa shape index (κ1) is 18.3. The van der Waals surface area contributed by atoms with Crippen molar-refractivity contribution in [3.8, 4) is 0 Å². The maximum Gasteiger partial charge on any atom is 0.349 e. The van der Waals surface area contributed by atoms with E-state index in [1.807, 2.05) is 0 Å². The molecular weight excluding hydrogens is 364 g/mol. The van der Waals surface area contributed by atoms with Crippen molar-refractivity contribution in [2.75, 3.05) is 33.3 Å². The molecule has 1 saturated heterocycles. The van der Waals surface area contributed by atoms with Gasteiger partial charge in [0.1, 0.15) is 9.77 Å². The van der Waals surface area contributed by atoms with E-state index in [-0.39, 0.29) is 34.7 Å². The van der Waals surface area contributed by atoms with Crippen molar-refractivity contribution in [3.05, 3.63) is 16.3 Å². The summed E-state index contributed by atoms with van der Waals surface area (Å²) in [6.07, 6.45) is 4.07. The van der Waals surface area contributed by atoms with Gasteiger partial charge in [-0.25, -0.2) is 13.2 Å². The number of piperazine rings is 1. The second-order valence-corrected chi connectivity index (χ2v) is 9.14. The number of methoxy groups -OCH3 is 1. The molecule has 3 rings (SSSR count). The third-order valence-corrected chi connectivity index (χ3v) is 7.84. The third kappa shape index (κ3) is 3.58. The Morgan fingerprint density at radius 1 is 1.16 bits per heavy atom. The number of carbonyl (C=O) groups excluding carboxylic acids is 2. The minimum absolute atomic E-state index is 0.0140. The van der Waals surface area contributed by atoms with E-state index >= 15 is 0 Å². The van der Waals surface area contributed by atoms with Gasteiger partial charge in [0.2, 0.25) is 15.9 Å². The van der Waals surface area contributed by atoms with Crippen molar-refractivity contribution in [3.63, 3.8) is 0 Å². The van der Waals surface area contributed by atoms with Crippen LogP contribution in [0.25, 0.3) is 0 Å². The molecule has 0 radical (unpaired) electrons. The molecule has 1 aromatic rings. The SMILES string of the molecule is COC(=O)c1sccc1S(=O)(=O)N1CCN(C(=O)C2CCCC2)CC1. The standard InChI is InChI=1S/C16H22N2O5S2/c1-23-16(20)14-13(6-11-24-14)25(21,22)18-9-7-17(8-10-18)15(19)12-4-2-3-5-12/h6,11-12H,2-5,7-10H2,1H3. The van der Waals surface area contributed by atoms with Gasteiger partial charge in [0.25, 0.3) is 0 Å². The molecule has 2 heterocycles. The van der Waals surface area contributed by atoms with Gasteiger partial charge in [-0.3, -0.25) is 4.79 Å².